The summed E-state index contributed by atoms with van der Waals surface area (Å²) in [7, 11) is 0. The van der Waals surface area contributed by atoms with E-state index in [9.17, 15) is 13.2 Å². The summed E-state index contributed by atoms with van der Waals surface area (Å²) in [4.78, 5) is 3.96. The molecular weight excluding hydrogens is 253 g/mol. The van der Waals surface area contributed by atoms with Crippen LogP contribution >= 0.6 is 0 Å². The Hall–Kier alpha value is -1.26. The van der Waals surface area contributed by atoms with Crippen LogP contribution in [0.1, 0.15) is 31.2 Å². The normalized spacial score (nSPS) is 29.7. The number of pyridine rings is 1. The summed E-state index contributed by atoms with van der Waals surface area (Å²) in [5.41, 5.74) is -0.641. The van der Waals surface area contributed by atoms with Crippen LogP contribution in [-0.2, 0) is 6.18 Å². The zero-order chi connectivity index (χ0) is 13.5. The summed E-state index contributed by atoms with van der Waals surface area (Å²) in [6.45, 7) is 0.746. The number of nitrogens with one attached hydrogen (secondary N) is 1. The van der Waals surface area contributed by atoms with Gasteiger partial charge in [-0.15, -0.1) is 0 Å². The number of hydrogen-bond acceptors (Lipinski definition) is 2. The van der Waals surface area contributed by atoms with Crippen molar-refractivity contribution in [2.45, 2.75) is 31.9 Å². The Labute approximate surface area is 110 Å². The van der Waals surface area contributed by atoms with Crippen LogP contribution in [0, 0.1) is 17.8 Å². The highest BCUT2D eigenvalue weighted by Crippen LogP contribution is 2.48. The van der Waals surface area contributed by atoms with E-state index in [1.165, 1.54) is 31.9 Å². The molecule has 2 bridgehead atoms. The fourth-order valence-corrected chi connectivity index (χ4v) is 3.57. The van der Waals surface area contributed by atoms with Gasteiger partial charge in [0.25, 0.3) is 0 Å². The lowest BCUT2D eigenvalue weighted by Crippen LogP contribution is -2.20. The zero-order valence-electron chi connectivity index (χ0n) is 10.6. The van der Waals surface area contributed by atoms with Gasteiger partial charge in [0.1, 0.15) is 5.82 Å². The molecule has 104 valence electrons. The minimum absolute atomic E-state index is 0.331. The van der Waals surface area contributed by atoms with Crippen molar-refractivity contribution >= 4 is 5.82 Å². The van der Waals surface area contributed by atoms with Gasteiger partial charge < -0.3 is 5.32 Å². The van der Waals surface area contributed by atoms with Crippen molar-refractivity contribution in [3.63, 3.8) is 0 Å². The minimum Gasteiger partial charge on any atom is -0.370 e. The topological polar surface area (TPSA) is 24.9 Å². The molecule has 1 N–H and O–H groups in total. The Morgan fingerprint density at radius 1 is 1.26 bits per heavy atom. The fourth-order valence-electron chi connectivity index (χ4n) is 3.57. The summed E-state index contributed by atoms with van der Waals surface area (Å²) in [5, 5.41) is 3.07. The third kappa shape index (κ3) is 2.69. The molecule has 2 nitrogen and oxygen atoms in total. The SMILES string of the molecule is FC(F)(F)c1ccnc(NCC2CC3CCC2C3)c1. The van der Waals surface area contributed by atoms with E-state index in [-0.39, 0.29) is 0 Å². The first-order chi connectivity index (χ1) is 9.02. The summed E-state index contributed by atoms with van der Waals surface area (Å²) in [6.07, 6.45) is 2.06. The number of hydrogen-bond donors (Lipinski definition) is 1. The summed E-state index contributed by atoms with van der Waals surface area (Å²) >= 11 is 0. The standard InChI is InChI=1S/C14H17F3N2/c15-14(16,17)12-3-4-18-13(7-12)19-8-11-6-9-1-2-10(11)5-9/h3-4,7,9-11H,1-2,5-6,8H2,(H,18,19). The lowest BCUT2D eigenvalue weighted by Gasteiger charge is -2.22. The van der Waals surface area contributed by atoms with Gasteiger partial charge in [-0.1, -0.05) is 6.42 Å². The van der Waals surface area contributed by atoms with Gasteiger partial charge in [-0.2, -0.15) is 13.2 Å². The second-order valence-electron chi connectivity index (χ2n) is 5.74. The Kier molecular flexibility index (Phi) is 3.15. The molecule has 1 heterocycles. The molecule has 2 aliphatic rings. The number of alkyl halides is 3. The molecule has 2 aliphatic carbocycles. The van der Waals surface area contributed by atoms with Crippen LogP contribution < -0.4 is 5.32 Å². The maximum absolute atomic E-state index is 12.6. The van der Waals surface area contributed by atoms with Gasteiger partial charge in [-0.05, 0) is 49.1 Å². The predicted octanol–water partition coefficient (Wildman–Crippen LogP) is 3.95. The highest BCUT2D eigenvalue weighted by Gasteiger charge is 2.39. The van der Waals surface area contributed by atoms with Crippen LogP contribution in [0.2, 0.25) is 0 Å². The molecule has 0 amide bonds. The third-order valence-corrected chi connectivity index (χ3v) is 4.52. The van der Waals surface area contributed by atoms with E-state index in [0.717, 1.165) is 30.5 Å². The summed E-state index contributed by atoms with van der Waals surface area (Å²) < 4.78 is 37.7. The van der Waals surface area contributed by atoms with Crippen LogP contribution in [0.4, 0.5) is 19.0 Å². The van der Waals surface area contributed by atoms with Crippen molar-refractivity contribution < 1.29 is 13.2 Å². The van der Waals surface area contributed by atoms with Gasteiger partial charge >= 0.3 is 6.18 Å². The Balaban J connectivity index is 1.61. The van der Waals surface area contributed by atoms with Crippen molar-refractivity contribution in [2.24, 2.45) is 17.8 Å². The van der Waals surface area contributed by atoms with Gasteiger partial charge in [0.05, 0.1) is 5.56 Å². The molecule has 3 rings (SSSR count). The Bertz CT molecular complexity index is 458. The van der Waals surface area contributed by atoms with Crippen LogP contribution in [0.3, 0.4) is 0 Å². The van der Waals surface area contributed by atoms with E-state index >= 15 is 0 Å². The number of nitrogens with zero attached hydrogens (tertiary/aromatic N) is 1. The van der Waals surface area contributed by atoms with Crippen molar-refractivity contribution in [3.8, 4) is 0 Å². The van der Waals surface area contributed by atoms with E-state index in [1.807, 2.05) is 0 Å². The van der Waals surface area contributed by atoms with Crippen molar-refractivity contribution in [2.75, 3.05) is 11.9 Å². The number of anilines is 1. The smallest absolute Gasteiger partial charge is 0.370 e. The zero-order valence-corrected chi connectivity index (χ0v) is 10.6. The molecule has 3 atom stereocenters. The minimum atomic E-state index is -4.30. The first-order valence-corrected chi connectivity index (χ1v) is 6.79. The van der Waals surface area contributed by atoms with Crippen LogP contribution in [0.5, 0.6) is 0 Å². The molecule has 0 aliphatic heterocycles. The van der Waals surface area contributed by atoms with Crippen LogP contribution in [0.25, 0.3) is 0 Å². The van der Waals surface area contributed by atoms with Crippen molar-refractivity contribution in [3.05, 3.63) is 23.9 Å². The molecule has 1 aromatic rings. The molecule has 0 radical (unpaired) electrons. The maximum atomic E-state index is 12.6. The fraction of sp³-hybridized carbons (Fsp3) is 0.643. The molecule has 2 fully saturated rings. The van der Waals surface area contributed by atoms with E-state index in [4.69, 9.17) is 0 Å². The molecule has 0 saturated heterocycles. The monoisotopic (exact) mass is 270 g/mol. The number of fused-ring (bicyclic) bond motifs is 2. The Morgan fingerprint density at radius 2 is 2.11 bits per heavy atom. The number of rotatable bonds is 3. The third-order valence-electron chi connectivity index (χ3n) is 4.52. The quantitative estimate of drug-likeness (QED) is 0.899. The lowest BCUT2D eigenvalue weighted by molar-refractivity contribution is -0.137. The maximum Gasteiger partial charge on any atom is 0.416 e. The predicted molar refractivity (Wildman–Crippen MR) is 66.7 cm³/mol. The Morgan fingerprint density at radius 3 is 2.74 bits per heavy atom. The highest BCUT2D eigenvalue weighted by molar-refractivity contribution is 5.38. The van der Waals surface area contributed by atoms with Crippen LogP contribution in [-0.4, -0.2) is 11.5 Å². The van der Waals surface area contributed by atoms with E-state index in [0.29, 0.717) is 11.7 Å². The molecule has 3 unspecified atom stereocenters. The highest BCUT2D eigenvalue weighted by atomic mass is 19.4. The molecular formula is C14H17F3N2. The van der Waals surface area contributed by atoms with E-state index < -0.39 is 11.7 Å². The summed E-state index contributed by atoms with van der Waals surface area (Å²) in [6, 6.07) is 2.09. The van der Waals surface area contributed by atoms with Gasteiger partial charge in [0.2, 0.25) is 0 Å². The van der Waals surface area contributed by atoms with E-state index in [2.05, 4.69) is 10.3 Å². The first kappa shape index (κ1) is 12.8. The second kappa shape index (κ2) is 4.69. The van der Waals surface area contributed by atoms with Crippen molar-refractivity contribution in [1.82, 2.24) is 4.98 Å². The van der Waals surface area contributed by atoms with Gasteiger partial charge in [-0.25, -0.2) is 4.98 Å². The molecule has 0 spiro atoms. The van der Waals surface area contributed by atoms with Crippen molar-refractivity contribution in [1.29, 1.82) is 0 Å². The number of halogens is 3. The molecule has 1 aromatic heterocycles. The average molecular weight is 270 g/mol. The second-order valence-corrected chi connectivity index (χ2v) is 5.74. The molecule has 19 heavy (non-hydrogen) atoms. The largest absolute Gasteiger partial charge is 0.416 e. The summed E-state index contributed by atoms with van der Waals surface area (Å²) in [5.74, 6) is 2.56. The van der Waals surface area contributed by atoms with Gasteiger partial charge in [0, 0.05) is 12.7 Å². The first-order valence-electron chi connectivity index (χ1n) is 6.79. The van der Waals surface area contributed by atoms with E-state index in [1.54, 1.807) is 0 Å². The molecule has 5 heteroatoms. The average Bonchev–Trinajstić information content (AvgIpc) is 2.98. The lowest BCUT2D eigenvalue weighted by atomic mass is 9.89. The molecule has 2 saturated carbocycles. The van der Waals surface area contributed by atoms with Crippen LogP contribution in [0.15, 0.2) is 18.3 Å². The van der Waals surface area contributed by atoms with Gasteiger partial charge in [-0.3, -0.25) is 0 Å². The molecule has 0 aromatic carbocycles. The van der Waals surface area contributed by atoms with Gasteiger partial charge in [0.15, 0.2) is 0 Å². The number of aromatic nitrogens is 1.